The third kappa shape index (κ3) is 2.34. The molecule has 0 aromatic heterocycles. The molecule has 0 saturated carbocycles. The Kier molecular flexibility index (Phi) is 3.59. The standard InChI is InChI=1S/C18H14ClNO2/c1-11-3-7-13(8-4-11)15-16(19)18(22)20(17(15)21)14-9-5-12(2)6-10-14/h3-10H,1-2H3. The second kappa shape index (κ2) is 5.43. The van der Waals surface area contributed by atoms with Crippen molar-refractivity contribution in [2.45, 2.75) is 13.8 Å². The van der Waals surface area contributed by atoms with Gasteiger partial charge in [0, 0.05) is 0 Å². The number of nitrogens with zero attached hydrogens (tertiary/aromatic N) is 1. The number of amides is 2. The van der Waals surface area contributed by atoms with E-state index in [0.717, 1.165) is 16.0 Å². The molecule has 1 aliphatic rings. The van der Waals surface area contributed by atoms with Crippen LogP contribution in [0.5, 0.6) is 0 Å². The zero-order valence-corrected chi connectivity index (χ0v) is 13.0. The van der Waals surface area contributed by atoms with Crippen LogP contribution in [0.3, 0.4) is 0 Å². The van der Waals surface area contributed by atoms with Gasteiger partial charge in [0.15, 0.2) is 0 Å². The van der Waals surface area contributed by atoms with Gasteiger partial charge in [0.25, 0.3) is 11.8 Å². The van der Waals surface area contributed by atoms with Gasteiger partial charge in [-0.2, -0.15) is 0 Å². The molecule has 0 spiro atoms. The normalized spacial score (nSPS) is 15.0. The Morgan fingerprint density at radius 3 is 1.82 bits per heavy atom. The summed E-state index contributed by atoms with van der Waals surface area (Å²) in [5.74, 6) is -0.867. The minimum absolute atomic E-state index is 0.0329. The van der Waals surface area contributed by atoms with E-state index in [1.165, 1.54) is 0 Å². The van der Waals surface area contributed by atoms with E-state index in [1.54, 1.807) is 24.3 Å². The molecule has 0 aliphatic carbocycles. The Balaban J connectivity index is 2.03. The number of halogens is 1. The van der Waals surface area contributed by atoms with Gasteiger partial charge in [0.05, 0.1) is 11.3 Å². The van der Waals surface area contributed by atoms with E-state index in [9.17, 15) is 9.59 Å². The first-order valence-corrected chi connectivity index (χ1v) is 7.29. The molecule has 4 heteroatoms. The zero-order chi connectivity index (χ0) is 15.9. The summed E-state index contributed by atoms with van der Waals surface area (Å²) in [4.78, 5) is 26.1. The lowest BCUT2D eigenvalue weighted by atomic mass is 10.0. The highest BCUT2D eigenvalue weighted by Gasteiger charge is 2.39. The van der Waals surface area contributed by atoms with Crippen LogP contribution in [0.15, 0.2) is 53.6 Å². The predicted molar refractivity (Wildman–Crippen MR) is 87.6 cm³/mol. The smallest absolute Gasteiger partial charge is 0.268 e. The summed E-state index contributed by atoms with van der Waals surface area (Å²) in [6, 6.07) is 14.6. The summed E-state index contributed by atoms with van der Waals surface area (Å²) in [6.45, 7) is 3.90. The molecular formula is C18H14ClNO2. The zero-order valence-electron chi connectivity index (χ0n) is 12.3. The van der Waals surface area contributed by atoms with Gasteiger partial charge in [-0.3, -0.25) is 9.59 Å². The number of hydrogen-bond donors (Lipinski definition) is 0. The molecule has 110 valence electrons. The first kappa shape index (κ1) is 14.5. The quantitative estimate of drug-likeness (QED) is 0.791. The van der Waals surface area contributed by atoms with Crippen molar-refractivity contribution in [2.24, 2.45) is 0 Å². The molecule has 2 amide bonds. The summed E-state index contributed by atoms with van der Waals surface area (Å²) in [7, 11) is 0. The van der Waals surface area contributed by atoms with Crippen LogP contribution in [0.2, 0.25) is 0 Å². The Bertz CT molecular complexity index is 789. The lowest BCUT2D eigenvalue weighted by molar-refractivity contribution is -0.119. The van der Waals surface area contributed by atoms with Gasteiger partial charge in [-0.15, -0.1) is 0 Å². The van der Waals surface area contributed by atoms with Crippen LogP contribution in [0.1, 0.15) is 16.7 Å². The molecule has 0 bridgehead atoms. The highest BCUT2D eigenvalue weighted by molar-refractivity contribution is 6.60. The molecule has 3 rings (SSSR count). The van der Waals surface area contributed by atoms with Crippen molar-refractivity contribution < 1.29 is 9.59 Å². The molecule has 2 aromatic carbocycles. The van der Waals surface area contributed by atoms with Crippen molar-refractivity contribution in [3.05, 3.63) is 70.3 Å². The molecule has 0 atom stereocenters. The van der Waals surface area contributed by atoms with E-state index in [4.69, 9.17) is 11.6 Å². The van der Waals surface area contributed by atoms with Crippen molar-refractivity contribution in [3.63, 3.8) is 0 Å². The third-order valence-corrected chi connectivity index (χ3v) is 4.01. The van der Waals surface area contributed by atoms with E-state index in [0.29, 0.717) is 11.3 Å². The summed E-state index contributed by atoms with van der Waals surface area (Å²) in [5.41, 5.74) is 3.57. The number of carbonyl (C=O) groups is 2. The highest BCUT2D eigenvalue weighted by Crippen LogP contribution is 2.34. The first-order chi connectivity index (χ1) is 10.5. The van der Waals surface area contributed by atoms with Gasteiger partial charge in [-0.05, 0) is 31.5 Å². The van der Waals surface area contributed by atoms with E-state index >= 15 is 0 Å². The van der Waals surface area contributed by atoms with Gasteiger partial charge < -0.3 is 0 Å². The molecule has 0 N–H and O–H groups in total. The van der Waals surface area contributed by atoms with Crippen molar-refractivity contribution in [1.29, 1.82) is 0 Å². The highest BCUT2D eigenvalue weighted by atomic mass is 35.5. The van der Waals surface area contributed by atoms with Gasteiger partial charge in [0.2, 0.25) is 0 Å². The fourth-order valence-electron chi connectivity index (χ4n) is 2.40. The van der Waals surface area contributed by atoms with Gasteiger partial charge in [-0.1, -0.05) is 59.1 Å². The maximum absolute atomic E-state index is 12.7. The monoisotopic (exact) mass is 311 g/mol. The molecule has 0 unspecified atom stereocenters. The molecule has 0 fully saturated rings. The Morgan fingerprint density at radius 2 is 1.27 bits per heavy atom. The molecule has 2 aromatic rings. The number of carbonyl (C=O) groups excluding carboxylic acids is 2. The minimum atomic E-state index is -0.480. The van der Waals surface area contributed by atoms with Crippen molar-refractivity contribution in [1.82, 2.24) is 0 Å². The van der Waals surface area contributed by atoms with Crippen molar-refractivity contribution in [2.75, 3.05) is 4.90 Å². The number of benzene rings is 2. The topological polar surface area (TPSA) is 37.4 Å². The average Bonchev–Trinajstić information content (AvgIpc) is 2.72. The Hall–Kier alpha value is -2.39. The molecule has 1 heterocycles. The Labute approximate surface area is 133 Å². The number of rotatable bonds is 2. The molecule has 1 aliphatic heterocycles. The van der Waals surface area contributed by atoms with Crippen LogP contribution in [-0.2, 0) is 9.59 Å². The van der Waals surface area contributed by atoms with E-state index in [1.807, 2.05) is 38.1 Å². The number of hydrogen-bond acceptors (Lipinski definition) is 2. The maximum Gasteiger partial charge on any atom is 0.277 e. The number of aryl methyl sites for hydroxylation is 2. The van der Waals surface area contributed by atoms with Crippen LogP contribution < -0.4 is 4.90 Å². The summed E-state index contributed by atoms with van der Waals surface area (Å²) in [6.07, 6.45) is 0. The molecule has 0 radical (unpaired) electrons. The van der Waals surface area contributed by atoms with E-state index < -0.39 is 5.91 Å². The predicted octanol–water partition coefficient (Wildman–Crippen LogP) is 3.83. The average molecular weight is 312 g/mol. The lowest BCUT2D eigenvalue weighted by Crippen LogP contribution is -2.31. The largest absolute Gasteiger partial charge is 0.277 e. The first-order valence-electron chi connectivity index (χ1n) is 6.91. The molecule has 0 saturated heterocycles. The van der Waals surface area contributed by atoms with Crippen molar-refractivity contribution >= 4 is 34.7 Å². The summed E-state index contributed by atoms with van der Waals surface area (Å²) >= 11 is 6.14. The third-order valence-electron chi connectivity index (χ3n) is 3.66. The van der Waals surface area contributed by atoms with E-state index in [2.05, 4.69) is 0 Å². The minimum Gasteiger partial charge on any atom is -0.268 e. The fourth-order valence-corrected chi connectivity index (χ4v) is 2.68. The molecule has 22 heavy (non-hydrogen) atoms. The van der Waals surface area contributed by atoms with Crippen LogP contribution >= 0.6 is 11.6 Å². The Morgan fingerprint density at radius 1 is 0.773 bits per heavy atom. The molecular weight excluding hydrogens is 298 g/mol. The lowest BCUT2D eigenvalue weighted by Gasteiger charge is -2.15. The fraction of sp³-hybridized carbons (Fsp3) is 0.111. The van der Waals surface area contributed by atoms with Crippen LogP contribution in [0.25, 0.3) is 5.57 Å². The van der Waals surface area contributed by atoms with Crippen LogP contribution in [0.4, 0.5) is 5.69 Å². The van der Waals surface area contributed by atoms with Crippen molar-refractivity contribution in [3.8, 4) is 0 Å². The van der Waals surface area contributed by atoms with Crippen LogP contribution in [0, 0.1) is 13.8 Å². The van der Waals surface area contributed by atoms with Gasteiger partial charge in [0.1, 0.15) is 5.03 Å². The second-order valence-corrected chi connectivity index (χ2v) is 5.71. The van der Waals surface area contributed by atoms with E-state index in [-0.39, 0.29) is 16.5 Å². The molecule has 3 nitrogen and oxygen atoms in total. The number of imide groups is 1. The number of anilines is 1. The summed E-state index contributed by atoms with van der Waals surface area (Å²) in [5, 5.41) is -0.0329. The van der Waals surface area contributed by atoms with Crippen LogP contribution in [-0.4, -0.2) is 11.8 Å². The van der Waals surface area contributed by atoms with Gasteiger partial charge in [-0.25, -0.2) is 4.90 Å². The SMILES string of the molecule is Cc1ccc(C2=C(Cl)C(=O)N(c3ccc(C)cc3)C2=O)cc1. The summed E-state index contributed by atoms with van der Waals surface area (Å²) < 4.78 is 0. The second-order valence-electron chi connectivity index (χ2n) is 5.34. The maximum atomic E-state index is 12.7. The van der Waals surface area contributed by atoms with Gasteiger partial charge >= 0.3 is 0 Å².